The van der Waals surface area contributed by atoms with Crippen molar-refractivity contribution >= 4 is 55.3 Å². The average Bonchev–Trinajstić information content (AvgIpc) is 3.52. The molecular weight excluding hydrogens is 623 g/mol. The molecule has 11 nitrogen and oxygen atoms in total. The van der Waals surface area contributed by atoms with Gasteiger partial charge in [-0.1, -0.05) is 0 Å². The number of aryl methyl sites for hydroxylation is 4. The van der Waals surface area contributed by atoms with E-state index in [0.717, 1.165) is 35.4 Å². The summed E-state index contributed by atoms with van der Waals surface area (Å²) in [6.45, 7) is 7.88. The Bertz CT molecular complexity index is 1980. The number of anilines is 4. The van der Waals surface area contributed by atoms with Crippen molar-refractivity contribution in [3.8, 4) is 10.6 Å². The Morgan fingerprint density at radius 1 is 0.956 bits per heavy atom. The number of alkyl halides is 2. The van der Waals surface area contributed by atoms with Crippen molar-refractivity contribution in [1.82, 2.24) is 29.5 Å². The molecule has 0 bridgehead atoms. The van der Waals surface area contributed by atoms with Crippen LogP contribution in [-0.2, 0) is 14.6 Å². The lowest BCUT2D eigenvalue weighted by Crippen LogP contribution is -2.20. The van der Waals surface area contributed by atoms with Gasteiger partial charge in [0.25, 0.3) is 6.43 Å². The minimum Gasteiger partial charge on any atom is -0.358 e. The fourth-order valence-electron chi connectivity index (χ4n) is 5.32. The summed E-state index contributed by atoms with van der Waals surface area (Å²) < 4.78 is 62.3. The fraction of sp³-hybridized carbons (Fsp3) is 0.367. The molecule has 2 N–H and O–H groups in total. The van der Waals surface area contributed by atoms with E-state index in [4.69, 9.17) is 9.72 Å². The topological polar surface area (TPSA) is 137 Å². The largest absolute Gasteiger partial charge is 0.358 e. The first-order valence-electron chi connectivity index (χ1n) is 14.3. The summed E-state index contributed by atoms with van der Waals surface area (Å²) in [5.41, 5.74) is 3.10. The Labute approximate surface area is 263 Å². The minimum absolute atomic E-state index is 0.0242. The van der Waals surface area contributed by atoms with Gasteiger partial charge in [0, 0.05) is 41.1 Å². The minimum atomic E-state index is -3.74. The number of imidazole rings is 1. The molecule has 45 heavy (non-hydrogen) atoms. The summed E-state index contributed by atoms with van der Waals surface area (Å²) in [5.74, 6) is 0.807. The number of sulfone groups is 1. The first-order chi connectivity index (χ1) is 21.4. The van der Waals surface area contributed by atoms with Crippen LogP contribution in [-0.4, -0.2) is 50.8 Å². The molecule has 6 rings (SSSR count). The van der Waals surface area contributed by atoms with Crippen LogP contribution in [0.5, 0.6) is 0 Å². The summed E-state index contributed by atoms with van der Waals surface area (Å²) in [5, 5.41) is 7.03. The first kappa shape index (κ1) is 30.9. The van der Waals surface area contributed by atoms with E-state index in [9.17, 15) is 17.2 Å². The van der Waals surface area contributed by atoms with Gasteiger partial charge in [-0.05, 0) is 65.2 Å². The number of hydrogen-bond acceptors (Lipinski definition) is 11. The molecule has 1 aliphatic heterocycles. The maximum atomic E-state index is 14.5. The molecule has 0 saturated carbocycles. The Hall–Kier alpha value is -4.08. The van der Waals surface area contributed by atoms with Crippen LogP contribution in [0.1, 0.15) is 59.8 Å². The van der Waals surface area contributed by atoms with Crippen molar-refractivity contribution in [2.45, 2.75) is 64.5 Å². The SMILES string of the molecule is Cc1cc(Nc2cc(Nc3ccc(-c4nc(C)c(C)s4)cc3S(C)(=O)=O)c3nc(C(F)F)n(C4CCCCO4)c3n2)nc(C)n1. The van der Waals surface area contributed by atoms with E-state index >= 15 is 0 Å². The molecule has 0 spiro atoms. The van der Waals surface area contributed by atoms with Crippen molar-refractivity contribution in [2.75, 3.05) is 23.5 Å². The van der Waals surface area contributed by atoms with E-state index in [1.165, 1.54) is 15.9 Å². The monoisotopic (exact) mass is 654 g/mol. The number of aromatic nitrogens is 6. The number of ether oxygens (including phenoxy) is 1. The third-order valence-corrected chi connectivity index (χ3v) is 9.72. The normalized spacial score (nSPS) is 15.6. The third-order valence-electron chi connectivity index (χ3n) is 7.46. The second kappa shape index (κ2) is 12.0. The maximum absolute atomic E-state index is 14.5. The Morgan fingerprint density at radius 2 is 1.73 bits per heavy atom. The zero-order chi connectivity index (χ0) is 32.0. The molecule has 1 fully saturated rings. The van der Waals surface area contributed by atoms with Crippen LogP contribution in [0.15, 0.2) is 35.2 Å². The summed E-state index contributed by atoms with van der Waals surface area (Å²) >= 11 is 1.47. The molecule has 1 atom stereocenters. The fourth-order valence-corrected chi connectivity index (χ4v) is 7.09. The molecule has 4 aromatic heterocycles. The van der Waals surface area contributed by atoms with E-state index in [2.05, 4.69) is 30.6 Å². The Kier molecular flexibility index (Phi) is 8.26. The first-order valence-corrected chi connectivity index (χ1v) is 17.1. The highest BCUT2D eigenvalue weighted by atomic mass is 32.2. The van der Waals surface area contributed by atoms with Crippen molar-refractivity contribution in [3.05, 3.63) is 58.2 Å². The van der Waals surface area contributed by atoms with Crippen LogP contribution < -0.4 is 10.6 Å². The molecule has 1 saturated heterocycles. The number of thiazole rings is 1. The summed E-state index contributed by atoms with van der Waals surface area (Å²) in [6.07, 6.45) is -0.309. The van der Waals surface area contributed by atoms with Crippen molar-refractivity contribution < 1.29 is 21.9 Å². The second-order valence-electron chi connectivity index (χ2n) is 11.0. The highest BCUT2D eigenvalue weighted by Gasteiger charge is 2.29. The van der Waals surface area contributed by atoms with E-state index in [1.807, 2.05) is 20.8 Å². The summed E-state index contributed by atoms with van der Waals surface area (Å²) in [4.78, 5) is 23.4. The lowest BCUT2D eigenvalue weighted by Gasteiger charge is -2.25. The van der Waals surface area contributed by atoms with Gasteiger partial charge in [0.15, 0.2) is 21.3 Å². The smallest absolute Gasteiger partial charge is 0.295 e. The van der Waals surface area contributed by atoms with Crippen molar-refractivity contribution in [2.24, 2.45) is 0 Å². The maximum Gasteiger partial charge on any atom is 0.295 e. The quantitative estimate of drug-likeness (QED) is 0.178. The van der Waals surface area contributed by atoms with Gasteiger partial charge in [-0.2, -0.15) is 0 Å². The van der Waals surface area contributed by atoms with Gasteiger partial charge in [0.05, 0.1) is 22.0 Å². The standard InChI is InChI=1S/C30H32F2N8O3S2/c1-15-12-23(35-18(4)33-15)37-24-14-21(26-28(38-24)40(29(39-26)27(31)32)25-8-6-7-11-43-25)36-20-10-9-19(13-22(20)45(5,41)42)30-34-16(2)17(3)44-30/h9-10,12-14,25,27H,6-8,11H2,1-5H3,(H2,33,35,36,37,38). The third kappa shape index (κ3) is 6.37. The van der Waals surface area contributed by atoms with Crippen LogP contribution >= 0.6 is 11.3 Å². The lowest BCUT2D eigenvalue weighted by atomic mass is 10.2. The molecular formula is C30H32F2N8O3S2. The molecule has 236 valence electrons. The van der Waals surface area contributed by atoms with Crippen LogP contribution in [0, 0.1) is 27.7 Å². The lowest BCUT2D eigenvalue weighted by molar-refractivity contribution is -0.0363. The number of nitrogens with zero attached hydrogens (tertiary/aromatic N) is 6. The van der Waals surface area contributed by atoms with E-state index in [1.54, 1.807) is 37.3 Å². The number of rotatable bonds is 8. The second-order valence-corrected chi connectivity index (χ2v) is 14.2. The molecule has 1 aliphatic rings. The Balaban J connectivity index is 1.52. The van der Waals surface area contributed by atoms with Crippen LogP contribution in [0.25, 0.3) is 21.7 Å². The van der Waals surface area contributed by atoms with Gasteiger partial charge in [0.2, 0.25) is 0 Å². The van der Waals surface area contributed by atoms with Gasteiger partial charge in [-0.15, -0.1) is 11.3 Å². The molecule has 15 heteroatoms. The molecule has 0 amide bonds. The van der Waals surface area contributed by atoms with Gasteiger partial charge in [-0.3, -0.25) is 4.57 Å². The predicted octanol–water partition coefficient (Wildman–Crippen LogP) is 7.11. The predicted molar refractivity (Wildman–Crippen MR) is 170 cm³/mol. The Morgan fingerprint density at radius 3 is 2.38 bits per heavy atom. The van der Waals surface area contributed by atoms with E-state index in [0.29, 0.717) is 35.2 Å². The molecule has 5 aromatic rings. The van der Waals surface area contributed by atoms with Gasteiger partial charge < -0.3 is 15.4 Å². The highest BCUT2D eigenvalue weighted by Crippen LogP contribution is 2.39. The van der Waals surface area contributed by atoms with Crippen LogP contribution in [0.4, 0.5) is 31.8 Å². The molecule has 1 unspecified atom stereocenters. The number of hydrogen-bond donors (Lipinski definition) is 2. The number of nitrogens with one attached hydrogen (secondary N) is 2. The average molecular weight is 655 g/mol. The number of halogens is 2. The summed E-state index contributed by atoms with van der Waals surface area (Å²) in [6, 6.07) is 8.32. The highest BCUT2D eigenvalue weighted by molar-refractivity contribution is 7.90. The van der Waals surface area contributed by atoms with Crippen molar-refractivity contribution in [1.29, 1.82) is 0 Å². The van der Waals surface area contributed by atoms with Crippen molar-refractivity contribution in [3.63, 3.8) is 0 Å². The zero-order valence-electron chi connectivity index (χ0n) is 25.4. The van der Waals surface area contributed by atoms with E-state index < -0.39 is 28.3 Å². The number of fused-ring (bicyclic) bond motifs is 1. The molecule has 1 aromatic carbocycles. The number of pyridine rings is 1. The zero-order valence-corrected chi connectivity index (χ0v) is 27.0. The van der Waals surface area contributed by atoms with Crippen LogP contribution in [0.3, 0.4) is 0 Å². The summed E-state index contributed by atoms with van der Waals surface area (Å²) in [7, 11) is -3.74. The van der Waals surface area contributed by atoms with E-state index in [-0.39, 0.29) is 33.3 Å². The molecule has 0 aliphatic carbocycles. The van der Waals surface area contributed by atoms with Crippen LogP contribution in [0.2, 0.25) is 0 Å². The van der Waals surface area contributed by atoms with Gasteiger partial charge in [-0.25, -0.2) is 42.1 Å². The number of benzene rings is 1. The molecule has 5 heterocycles. The molecule has 0 radical (unpaired) electrons. The van der Waals surface area contributed by atoms with Gasteiger partial charge in [0.1, 0.15) is 34.2 Å². The van der Waals surface area contributed by atoms with Gasteiger partial charge >= 0.3 is 0 Å².